The van der Waals surface area contributed by atoms with E-state index in [1.807, 2.05) is 20.8 Å². The molecule has 0 aromatic carbocycles. The molecule has 0 saturated heterocycles. The van der Waals surface area contributed by atoms with Crippen LogP contribution in [-0.2, 0) is 9.47 Å². The maximum Gasteiger partial charge on any atom is 0.407 e. The number of aliphatic hydroxyl groups is 1. The first-order valence-corrected chi connectivity index (χ1v) is 9.55. The zero-order valence-corrected chi connectivity index (χ0v) is 15.7. The molecule has 2 aliphatic carbocycles. The molecule has 5 heteroatoms. The Morgan fingerprint density at radius 2 is 2.00 bits per heavy atom. The third-order valence-electron chi connectivity index (χ3n) is 5.30. The van der Waals surface area contributed by atoms with Gasteiger partial charge in [-0.3, -0.25) is 0 Å². The van der Waals surface area contributed by atoms with Crippen molar-refractivity contribution in [2.24, 2.45) is 17.8 Å². The highest BCUT2D eigenvalue weighted by Gasteiger charge is 2.45. The van der Waals surface area contributed by atoms with Crippen molar-refractivity contribution in [1.29, 1.82) is 0 Å². The summed E-state index contributed by atoms with van der Waals surface area (Å²) in [5, 5.41) is 13.4. The van der Waals surface area contributed by atoms with Crippen LogP contribution >= 0.6 is 0 Å². The fourth-order valence-electron chi connectivity index (χ4n) is 4.20. The minimum atomic E-state index is -0.467. The van der Waals surface area contributed by atoms with Gasteiger partial charge in [0.2, 0.25) is 0 Å². The lowest BCUT2D eigenvalue weighted by atomic mass is 9.76. The smallest absolute Gasteiger partial charge is 0.407 e. The number of alkyl carbamates (subject to hydrolysis) is 1. The van der Waals surface area contributed by atoms with Crippen LogP contribution in [0.15, 0.2) is 0 Å². The first-order chi connectivity index (χ1) is 11.3. The van der Waals surface area contributed by atoms with E-state index in [9.17, 15) is 9.90 Å². The number of amides is 1. The van der Waals surface area contributed by atoms with Crippen molar-refractivity contribution in [2.45, 2.75) is 84.0 Å². The summed E-state index contributed by atoms with van der Waals surface area (Å²) >= 11 is 0. The number of nitrogens with one attached hydrogen (secondary N) is 1. The van der Waals surface area contributed by atoms with Gasteiger partial charge in [-0.25, -0.2) is 4.79 Å². The minimum absolute atomic E-state index is 0.160. The summed E-state index contributed by atoms with van der Waals surface area (Å²) in [5.74, 6) is 1.26. The Kier molecular flexibility index (Phi) is 6.93. The third kappa shape index (κ3) is 5.62. The highest BCUT2D eigenvalue weighted by molar-refractivity contribution is 5.68. The SMILES string of the molecule is CCCCOC[C@H]1[C@@H]2CCC(NC(=O)OC(C)(C)C)C[C@H]2C[C@@H]1O. The lowest BCUT2D eigenvalue weighted by Gasteiger charge is -2.35. The van der Waals surface area contributed by atoms with Crippen LogP contribution in [0.1, 0.15) is 66.2 Å². The summed E-state index contributed by atoms with van der Waals surface area (Å²) in [6.45, 7) is 9.25. The molecule has 1 amide bonds. The number of carbonyl (C=O) groups excluding carboxylic acids is 1. The molecule has 0 spiro atoms. The molecule has 5 atom stereocenters. The number of ether oxygens (including phenoxy) is 2. The largest absolute Gasteiger partial charge is 0.444 e. The molecule has 0 aliphatic heterocycles. The summed E-state index contributed by atoms with van der Waals surface area (Å²) < 4.78 is 11.1. The van der Waals surface area contributed by atoms with Crippen LogP contribution in [0.5, 0.6) is 0 Å². The molecule has 140 valence electrons. The van der Waals surface area contributed by atoms with Crippen LogP contribution in [-0.4, -0.2) is 42.2 Å². The van der Waals surface area contributed by atoms with E-state index in [1.165, 1.54) is 0 Å². The van der Waals surface area contributed by atoms with Crippen molar-refractivity contribution in [3.05, 3.63) is 0 Å². The molecule has 2 N–H and O–H groups in total. The fraction of sp³-hybridized carbons (Fsp3) is 0.947. The zero-order chi connectivity index (χ0) is 17.7. The second kappa shape index (κ2) is 8.52. The molecular weight excluding hydrogens is 306 g/mol. The number of aliphatic hydroxyl groups excluding tert-OH is 1. The van der Waals surface area contributed by atoms with Gasteiger partial charge < -0.3 is 19.9 Å². The topological polar surface area (TPSA) is 67.8 Å². The Labute approximate surface area is 146 Å². The van der Waals surface area contributed by atoms with Crippen LogP contribution < -0.4 is 5.32 Å². The van der Waals surface area contributed by atoms with Crippen molar-refractivity contribution >= 4 is 6.09 Å². The van der Waals surface area contributed by atoms with Gasteiger partial charge in [0.25, 0.3) is 0 Å². The van der Waals surface area contributed by atoms with Gasteiger partial charge in [-0.1, -0.05) is 13.3 Å². The van der Waals surface area contributed by atoms with E-state index >= 15 is 0 Å². The van der Waals surface area contributed by atoms with E-state index in [4.69, 9.17) is 9.47 Å². The summed E-state index contributed by atoms with van der Waals surface area (Å²) in [5.41, 5.74) is -0.467. The van der Waals surface area contributed by atoms with E-state index in [2.05, 4.69) is 12.2 Å². The number of unbranched alkanes of at least 4 members (excludes halogenated alkanes) is 1. The molecule has 2 rings (SSSR count). The van der Waals surface area contributed by atoms with Crippen LogP contribution in [0, 0.1) is 17.8 Å². The van der Waals surface area contributed by atoms with E-state index in [1.54, 1.807) is 0 Å². The molecular formula is C19H35NO4. The quantitative estimate of drug-likeness (QED) is 0.726. The number of carbonyl (C=O) groups is 1. The molecule has 0 aromatic heterocycles. The van der Waals surface area contributed by atoms with Crippen LogP contribution in [0.25, 0.3) is 0 Å². The molecule has 0 bridgehead atoms. The molecule has 2 aliphatic rings. The second-order valence-corrected chi connectivity index (χ2v) is 8.48. The molecule has 0 radical (unpaired) electrons. The van der Waals surface area contributed by atoms with Crippen molar-refractivity contribution in [3.63, 3.8) is 0 Å². The zero-order valence-electron chi connectivity index (χ0n) is 15.7. The first-order valence-electron chi connectivity index (χ1n) is 9.55. The Morgan fingerprint density at radius 1 is 1.25 bits per heavy atom. The third-order valence-corrected chi connectivity index (χ3v) is 5.30. The monoisotopic (exact) mass is 341 g/mol. The van der Waals surface area contributed by atoms with Gasteiger partial charge in [-0.15, -0.1) is 0 Å². The van der Waals surface area contributed by atoms with Crippen molar-refractivity contribution in [3.8, 4) is 0 Å². The van der Waals surface area contributed by atoms with Crippen LogP contribution in [0.3, 0.4) is 0 Å². The second-order valence-electron chi connectivity index (χ2n) is 8.48. The van der Waals surface area contributed by atoms with Crippen LogP contribution in [0.4, 0.5) is 4.79 Å². The van der Waals surface area contributed by atoms with E-state index in [0.29, 0.717) is 18.4 Å². The van der Waals surface area contributed by atoms with E-state index < -0.39 is 5.60 Å². The van der Waals surface area contributed by atoms with Crippen molar-refractivity contribution in [2.75, 3.05) is 13.2 Å². The number of rotatable bonds is 6. The highest BCUT2D eigenvalue weighted by Crippen LogP contribution is 2.46. The van der Waals surface area contributed by atoms with Gasteiger partial charge in [-0.2, -0.15) is 0 Å². The lowest BCUT2D eigenvalue weighted by molar-refractivity contribution is 0.0203. The van der Waals surface area contributed by atoms with Gasteiger partial charge in [-0.05, 0) is 64.7 Å². The first kappa shape index (κ1) is 19.5. The standard InChI is InChI=1S/C19H35NO4/c1-5-6-9-23-12-16-15-8-7-14(10-13(15)11-17(16)21)20-18(22)24-19(2,3)4/h13-17,21H,5-12H2,1-4H3,(H,20,22)/t13-,14?,15+,16-,17-/m0/s1. The van der Waals surface area contributed by atoms with Crippen LogP contribution in [0.2, 0.25) is 0 Å². The fourth-order valence-corrected chi connectivity index (χ4v) is 4.20. The Bertz CT molecular complexity index is 407. The Morgan fingerprint density at radius 3 is 2.67 bits per heavy atom. The van der Waals surface area contributed by atoms with Gasteiger partial charge >= 0.3 is 6.09 Å². The summed E-state index contributed by atoms with van der Waals surface area (Å²) in [6.07, 6.45) is 5.40. The Hall–Kier alpha value is -0.810. The molecule has 1 unspecified atom stereocenters. The lowest BCUT2D eigenvalue weighted by Crippen LogP contribution is -2.43. The summed E-state index contributed by atoms with van der Waals surface area (Å²) in [7, 11) is 0. The minimum Gasteiger partial charge on any atom is -0.444 e. The van der Waals surface area contributed by atoms with Gasteiger partial charge in [0, 0.05) is 18.6 Å². The summed E-state index contributed by atoms with van der Waals surface area (Å²) in [6, 6.07) is 0.160. The van der Waals surface area contributed by atoms with E-state index in [0.717, 1.165) is 45.1 Å². The average molecular weight is 341 g/mol. The number of fused-ring (bicyclic) bond motifs is 1. The summed E-state index contributed by atoms with van der Waals surface area (Å²) in [4.78, 5) is 11.9. The average Bonchev–Trinajstić information content (AvgIpc) is 2.76. The van der Waals surface area contributed by atoms with Gasteiger partial charge in [0.15, 0.2) is 0 Å². The predicted octanol–water partition coefficient (Wildman–Crippen LogP) is 3.49. The maximum absolute atomic E-state index is 11.9. The molecule has 0 aromatic rings. The molecule has 2 fully saturated rings. The molecule has 5 nitrogen and oxygen atoms in total. The highest BCUT2D eigenvalue weighted by atomic mass is 16.6. The number of hydrogen-bond donors (Lipinski definition) is 2. The van der Waals surface area contributed by atoms with Gasteiger partial charge in [0.1, 0.15) is 5.60 Å². The molecule has 0 heterocycles. The number of hydrogen-bond acceptors (Lipinski definition) is 4. The maximum atomic E-state index is 11.9. The molecule has 2 saturated carbocycles. The van der Waals surface area contributed by atoms with E-state index in [-0.39, 0.29) is 24.2 Å². The predicted molar refractivity (Wildman–Crippen MR) is 93.8 cm³/mol. The molecule has 24 heavy (non-hydrogen) atoms. The Balaban J connectivity index is 1.79. The van der Waals surface area contributed by atoms with Crippen molar-refractivity contribution in [1.82, 2.24) is 5.32 Å². The van der Waals surface area contributed by atoms with Crippen molar-refractivity contribution < 1.29 is 19.4 Å². The van der Waals surface area contributed by atoms with Gasteiger partial charge in [0.05, 0.1) is 12.7 Å². The normalized spacial score (nSPS) is 33.1.